The zero-order chi connectivity index (χ0) is 31.9. The first-order valence-electron chi connectivity index (χ1n) is 13.0. The van der Waals surface area contributed by atoms with Gasteiger partial charge in [-0.3, -0.25) is 14.4 Å². The zero-order valence-corrected chi connectivity index (χ0v) is 26.1. The average Bonchev–Trinajstić information content (AvgIpc) is 2.98. The maximum absolute atomic E-state index is 13.3. The zero-order valence-electron chi connectivity index (χ0n) is 22.9. The van der Waals surface area contributed by atoms with Gasteiger partial charge in [0.15, 0.2) is 0 Å². The summed E-state index contributed by atoms with van der Waals surface area (Å²) in [7, 11) is 0. The van der Waals surface area contributed by atoms with Crippen LogP contribution in [0.5, 0.6) is 0 Å². The molecule has 1 atom stereocenters. The smallest absolute Gasteiger partial charge is 0.324 e. The number of halogens is 5. The van der Waals surface area contributed by atoms with Gasteiger partial charge in [0.05, 0.1) is 21.5 Å². The van der Waals surface area contributed by atoms with Gasteiger partial charge in [0.25, 0.3) is 11.8 Å². The van der Waals surface area contributed by atoms with E-state index in [9.17, 15) is 27.6 Å². The highest BCUT2D eigenvalue weighted by atomic mass is 79.9. The molecule has 3 amide bonds. The lowest BCUT2D eigenvalue weighted by Crippen LogP contribution is -2.30. The first-order valence-corrected chi connectivity index (χ1v) is 15.0. The fraction of sp³-hybridized carbons (Fsp3) is 0.0938. The molecule has 0 aromatic heterocycles. The Kier molecular flexibility index (Phi) is 10.9. The van der Waals surface area contributed by atoms with Crippen LogP contribution in [0.2, 0.25) is 5.02 Å². The van der Waals surface area contributed by atoms with Crippen LogP contribution in [0.25, 0.3) is 6.08 Å². The Morgan fingerprint density at radius 1 is 0.886 bits per heavy atom. The van der Waals surface area contributed by atoms with Crippen LogP contribution >= 0.6 is 39.3 Å². The molecule has 44 heavy (non-hydrogen) atoms. The second kappa shape index (κ2) is 14.6. The van der Waals surface area contributed by atoms with Crippen molar-refractivity contribution < 1.29 is 27.6 Å². The summed E-state index contributed by atoms with van der Waals surface area (Å²) >= 11 is 10.6. The third-order valence-electron chi connectivity index (χ3n) is 6.03. The number of hydrogen-bond acceptors (Lipinski definition) is 4. The summed E-state index contributed by atoms with van der Waals surface area (Å²) in [6.45, 7) is 1.60. The van der Waals surface area contributed by atoms with E-state index >= 15 is 0 Å². The number of benzene rings is 4. The third kappa shape index (κ3) is 9.22. The number of carbonyl (C=O) groups is 3. The molecule has 0 spiro atoms. The summed E-state index contributed by atoms with van der Waals surface area (Å²) in [6, 6.07) is 25.0. The topological polar surface area (TPSA) is 87.3 Å². The summed E-state index contributed by atoms with van der Waals surface area (Å²) < 4.78 is 40.0. The first-order chi connectivity index (χ1) is 20.9. The van der Waals surface area contributed by atoms with Gasteiger partial charge >= 0.3 is 6.18 Å². The van der Waals surface area contributed by atoms with Crippen LogP contribution in [-0.4, -0.2) is 23.0 Å². The lowest BCUT2D eigenvalue weighted by Gasteiger charge is -2.15. The van der Waals surface area contributed by atoms with Crippen molar-refractivity contribution in [2.24, 2.45) is 0 Å². The molecule has 4 aromatic rings. The summed E-state index contributed by atoms with van der Waals surface area (Å²) in [5.41, 5.74) is 0.460. The molecule has 6 nitrogen and oxygen atoms in total. The highest BCUT2D eigenvalue weighted by Gasteiger charge is 2.31. The van der Waals surface area contributed by atoms with Crippen LogP contribution in [0, 0.1) is 0 Å². The SMILES string of the molecule is CC(Sc1ccc(NC(=O)/C(=C/c2cccc(Br)c2)NC(=O)c2ccccc2)cc1)C(=O)Nc1cc(C(F)(F)F)ccc1Cl. The average molecular weight is 703 g/mol. The van der Waals surface area contributed by atoms with Crippen molar-refractivity contribution in [2.75, 3.05) is 10.6 Å². The fourth-order valence-electron chi connectivity index (χ4n) is 3.81. The molecule has 4 rings (SSSR count). The van der Waals surface area contributed by atoms with E-state index in [-0.39, 0.29) is 16.4 Å². The van der Waals surface area contributed by atoms with E-state index in [2.05, 4.69) is 31.9 Å². The van der Waals surface area contributed by atoms with Gasteiger partial charge in [-0.2, -0.15) is 13.2 Å². The van der Waals surface area contributed by atoms with Gasteiger partial charge in [0.1, 0.15) is 5.70 Å². The van der Waals surface area contributed by atoms with E-state index < -0.39 is 34.7 Å². The number of hydrogen-bond donors (Lipinski definition) is 3. The van der Waals surface area contributed by atoms with Gasteiger partial charge in [-0.15, -0.1) is 11.8 Å². The van der Waals surface area contributed by atoms with Crippen molar-refractivity contribution in [1.82, 2.24) is 5.32 Å². The van der Waals surface area contributed by atoms with Crippen LogP contribution in [-0.2, 0) is 15.8 Å². The summed E-state index contributed by atoms with van der Waals surface area (Å²) in [5.74, 6) is -1.54. The van der Waals surface area contributed by atoms with Crippen molar-refractivity contribution in [3.05, 3.63) is 129 Å². The molecule has 0 saturated heterocycles. The standard InChI is InChI=1S/C32H24BrClF3N3O3S/c1-19(29(41)39-27-18-22(32(35,36)37)10-15-26(27)34)44-25-13-11-24(12-14-25)38-31(43)28(17-20-6-5-9-23(33)16-20)40-30(42)21-7-3-2-4-8-21/h2-19H,1H3,(H,38,43)(H,39,41)(H,40,42)/b28-17-. The minimum absolute atomic E-state index is 0.0167. The molecule has 0 radical (unpaired) electrons. The van der Waals surface area contributed by atoms with Crippen molar-refractivity contribution in [3.8, 4) is 0 Å². The van der Waals surface area contributed by atoms with Crippen LogP contribution in [0.1, 0.15) is 28.4 Å². The van der Waals surface area contributed by atoms with Crippen molar-refractivity contribution in [2.45, 2.75) is 23.2 Å². The third-order valence-corrected chi connectivity index (χ3v) is 7.97. The van der Waals surface area contributed by atoms with E-state index in [1.165, 1.54) is 11.8 Å². The Bertz CT molecular complexity index is 1700. The summed E-state index contributed by atoms with van der Waals surface area (Å²) in [5, 5.41) is 7.19. The molecule has 0 saturated carbocycles. The molecule has 226 valence electrons. The molecule has 1 unspecified atom stereocenters. The molecular formula is C32H24BrClF3N3O3S. The minimum atomic E-state index is -4.58. The number of nitrogens with one attached hydrogen (secondary N) is 3. The van der Waals surface area contributed by atoms with E-state index in [1.54, 1.807) is 85.8 Å². The second-order valence-electron chi connectivity index (χ2n) is 9.35. The highest BCUT2D eigenvalue weighted by molar-refractivity contribution is 9.10. The molecule has 0 aliphatic heterocycles. The normalized spacial score (nSPS) is 12.3. The fourth-order valence-corrected chi connectivity index (χ4v) is 5.26. The minimum Gasteiger partial charge on any atom is -0.324 e. The Balaban J connectivity index is 1.43. The van der Waals surface area contributed by atoms with Gasteiger partial charge < -0.3 is 16.0 Å². The quantitative estimate of drug-likeness (QED) is 0.120. The number of thioether (sulfide) groups is 1. The van der Waals surface area contributed by atoms with E-state index in [0.717, 1.165) is 22.7 Å². The lowest BCUT2D eigenvalue weighted by molar-refractivity contribution is -0.137. The molecule has 0 bridgehead atoms. The maximum Gasteiger partial charge on any atom is 0.416 e. The second-order valence-corrected chi connectivity index (χ2v) is 12.1. The van der Waals surface area contributed by atoms with Crippen molar-refractivity contribution >= 4 is 74.5 Å². The monoisotopic (exact) mass is 701 g/mol. The lowest BCUT2D eigenvalue weighted by atomic mass is 10.1. The van der Waals surface area contributed by atoms with Crippen LogP contribution in [0.15, 0.2) is 112 Å². The van der Waals surface area contributed by atoms with Crippen LogP contribution < -0.4 is 16.0 Å². The summed E-state index contributed by atoms with van der Waals surface area (Å²) in [6.07, 6.45) is -3.02. The summed E-state index contributed by atoms with van der Waals surface area (Å²) in [4.78, 5) is 39.5. The Morgan fingerprint density at radius 2 is 1.59 bits per heavy atom. The first kappa shape index (κ1) is 32.8. The van der Waals surface area contributed by atoms with Gasteiger partial charge in [-0.25, -0.2) is 0 Å². The predicted octanol–water partition coefficient (Wildman–Crippen LogP) is 8.65. The van der Waals surface area contributed by atoms with Gasteiger partial charge in [-0.05, 0) is 85.3 Å². The molecular weight excluding hydrogens is 679 g/mol. The van der Waals surface area contributed by atoms with E-state index in [0.29, 0.717) is 21.7 Å². The Hall–Kier alpha value is -4.06. The van der Waals surface area contributed by atoms with E-state index in [1.807, 2.05) is 6.07 Å². The van der Waals surface area contributed by atoms with Crippen LogP contribution in [0.3, 0.4) is 0 Å². The van der Waals surface area contributed by atoms with E-state index in [4.69, 9.17) is 11.6 Å². The number of carbonyl (C=O) groups excluding carboxylic acids is 3. The van der Waals surface area contributed by atoms with Gasteiger partial charge in [0, 0.05) is 20.6 Å². The largest absolute Gasteiger partial charge is 0.416 e. The molecule has 4 aromatic carbocycles. The number of anilines is 2. The van der Waals surface area contributed by atoms with Gasteiger partial charge in [0.2, 0.25) is 5.91 Å². The molecule has 0 aliphatic rings. The number of rotatable bonds is 9. The number of alkyl halides is 3. The van der Waals surface area contributed by atoms with Gasteiger partial charge in [-0.1, -0.05) is 57.9 Å². The Labute approximate surface area is 269 Å². The maximum atomic E-state index is 13.3. The predicted molar refractivity (Wildman–Crippen MR) is 172 cm³/mol. The molecule has 0 aliphatic carbocycles. The van der Waals surface area contributed by atoms with Crippen molar-refractivity contribution in [1.29, 1.82) is 0 Å². The number of amides is 3. The van der Waals surface area contributed by atoms with Crippen LogP contribution in [0.4, 0.5) is 24.5 Å². The highest BCUT2D eigenvalue weighted by Crippen LogP contribution is 2.34. The molecule has 12 heteroatoms. The molecule has 0 fully saturated rings. The molecule has 0 heterocycles. The Morgan fingerprint density at radius 3 is 2.25 bits per heavy atom. The van der Waals surface area contributed by atoms with Crippen molar-refractivity contribution in [3.63, 3.8) is 0 Å². The molecule has 3 N–H and O–H groups in total.